The lowest BCUT2D eigenvalue weighted by Crippen LogP contribution is -2.36. The number of rotatable bonds is 3. The van der Waals surface area contributed by atoms with Crippen molar-refractivity contribution >= 4 is 23.2 Å². The van der Waals surface area contributed by atoms with E-state index in [1.54, 1.807) is 6.07 Å². The summed E-state index contributed by atoms with van der Waals surface area (Å²) in [6.07, 6.45) is 2.16. The summed E-state index contributed by atoms with van der Waals surface area (Å²) in [5.41, 5.74) is 1.02. The normalized spacial score (nSPS) is 17.6. The Hall–Kier alpha value is -0.350. The van der Waals surface area contributed by atoms with E-state index in [-0.39, 0.29) is 0 Å². The predicted octanol–water partition coefficient (Wildman–Crippen LogP) is 3.00. The van der Waals surface area contributed by atoms with Gasteiger partial charge in [0.1, 0.15) is 10.3 Å². The number of hydrogen-bond acceptors (Lipinski definition) is 3. The van der Waals surface area contributed by atoms with Crippen molar-refractivity contribution in [2.45, 2.75) is 25.4 Å². The molecule has 0 unspecified atom stereocenters. The fourth-order valence-electron chi connectivity index (χ4n) is 2.08. The third-order valence-electron chi connectivity index (χ3n) is 3.13. The van der Waals surface area contributed by atoms with Crippen LogP contribution in [0.3, 0.4) is 0 Å². The molecule has 3 nitrogen and oxygen atoms in total. The highest BCUT2D eigenvalue weighted by molar-refractivity contribution is 6.32. The van der Waals surface area contributed by atoms with Crippen molar-refractivity contribution in [3.8, 4) is 0 Å². The second-order valence-corrected chi connectivity index (χ2v) is 5.09. The quantitative estimate of drug-likeness (QED) is 0.793. The van der Waals surface area contributed by atoms with Gasteiger partial charge in [0.05, 0.1) is 0 Å². The third-order valence-corrected chi connectivity index (χ3v) is 3.66. The molecule has 0 aromatic carbocycles. The molecule has 0 amide bonds. The van der Waals surface area contributed by atoms with Gasteiger partial charge >= 0.3 is 0 Å². The molecule has 17 heavy (non-hydrogen) atoms. The maximum Gasteiger partial charge on any atom is 0.135 e. The molecule has 0 spiro atoms. The van der Waals surface area contributed by atoms with Gasteiger partial charge in [-0.05, 0) is 26.0 Å². The molecule has 0 bridgehead atoms. The highest BCUT2D eigenvalue weighted by Crippen LogP contribution is 2.21. The van der Waals surface area contributed by atoms with Gasteiger partial charge in [0, 0.05) is 31.4 Å². The summed E-state index contributed by atoms with van der Waals surface area (Å²) in [5, 5.41) is 0.934. The maximum atomic E-state index is 6.07. The van der Waals surface area contributed by atoms with Crippen LogP contribution in [0.15, 0.2) is 12.1 Å². The number of hydrogen-bond donors (Lipinski definition) is 0. The van der Waals surface area contributed by atoms with Gasteiger partial charge in [-0.2, -0.15) is 0 Å². The summed E-state index contributed by atoms with van der Waals surface area (Å²) in [6, 6.07) is 4.28. The van der Waals surface area contributed by atoms with E-state index in [2.05, 4.69) is 16.9 Å². The minimum atomic E-state index is 0.437. The van der Waals surface area contributed by atoms with Crippen molar-refractivity contribution in [1.29, 1.82) is 0 Å². The lowest BCUT2D eigenvalue weighted by molar-refractivity contribution is 0.0407. The molecule has 0 aliphatic carbocycles. The fourth-order valence-corrected chi connectivity index (χ4v) is 2.49. The van der Waals surface area contributed by atoms with Crippen molar-refractivity contribution in [3.63, 3.8) is 0 Å². The van der Waals surface area contributed by atoms with Gasteiger partial charge in [-0.1, -0.05) is 29.3 Å². The van der Waals surface area contributed by atoms with E-state index in [1.165, 1.54) is 0 Å². The molecular weight excluding hydrogens is 259 g/mol. The smallest absolute Gasteiger partial charge is 0.135 e. The molecule has 1 fully saturated rings. The van der Waals surface area contributed by atoms with Crippen LogP contribution in [0, 0.1) is 0 Å². The summed E-state index contributed by atoms with van der Waals surface area (Å²) in [6.45, 7) is 2.50. The second-order valence-electron chi connectivity index (χ2n) is 4.34. The first-order valence-electron chi connectivity index (χ1n) is 5.75. The number of ether oxygens (including phenoxy) is 1. The summed E-state index contributed by atoms with van der Waals surface area (Å²) in [7, 11) is 2.11. The summed E-state index contributed by atoms with van der Waals surface area (Å²) < 4.78 is 5.36. The van der Waals surface area contributed by atoms with Gasteiger partial charge in [-0.15, -0.1) is 0 Å². The topological polar surface area (TPSA) is 25.4 Å². The molecular formula is C12H16Cl2N2O. The third kappa shape index (κ3) is 3.55. The largest absolute Gasteiger partial charge is 0.381 e. The highest BCUT2D eigenvalue weighted by Gasteiger charge is 2.19. The van der Waals surface area contributed by atoms with Gasteiger partial charge in [-0.25, -0.2) is 4.98 Å². The molecule has 1 saturated heterocycles. The predicted molar refractivity (Wildman–Crippen MR) is 69.6 cm³/mol. The standard InChI is InChI=1S/C12H16Cl2N2O/c1-16(10-4-6-17-7-5-10)8-9-2-3-11(13)15-12(9)14/h2-3,10H,4-8H2,1H3. The average molecular weight is 275 g/mol. The maximum absolute atomic E-state index is 6.07. The highest BCUT2D eigenvalue weighted by atomic mass is 35.5. The molecule has 94 valence electrons. The molecule has 2 heterocycles. The zero-order valence-corrected chi connectivity index (χ0v) is 11.3. The first-order valence-corrected chi connectivity index (χ1v) is 6.51. The summed E-state index contributed by atoms with van der Waals surface area (Å²) >= 11 is 11.8. The summed E-state index contributed by atoms with van der Waals surface area (Å²) in [5.74, 6) is 0. The SMILES string of the molecule is CN(Cc1ccc(Cl)nc1Cl)C1CCOCC1. The van der Waals surface area contributed by atoms with E-state index in [0.717, 1.165) is 38.2 Å². The van der Waals surface area contributed by atoms with Crippen molar-refractivity contribution in [3.05, 3.63) is 28.0 Å². The lowest BCUT2D eigenvalue weighted by atomic mass is 10.1. The first kappa shape index (κ1) is 13.1. The van der Waals surface area contributed by atoms with Crippen LogP contribution in [-0.2, 0) is 11.3 Å². The van der Waals surface area contributed by atoms with Crippen molar-refractivity contribution in [2.24, 2.45) is 0 Å². The Morgan fingerprint density at radius 3 is 2.71 bits per heavy atom. The van der Waals surface area contributed by atoms with Crippen LogP contribution in [-0.4, -0.2) is 36.2 Å². The van der Waals surface area contributed by atoms with Crippen molar-refractivity contribution in [1.82, 2.24) is 9.88 Å². The Morgan fingerprint density at radius 2 is 2.06 bits per heavy atom. The zero-order valence-electron chi connectivity index (χ0n) is 9.83. The Kier molecular flexibility index (Phi) is 4.62. The molecule has 2 rings (SSSR count). The van der Waals surface area contributed by atoms with E-state index in [9.17, 15) is 0 Å². The van der Waals surface area contributed by atoms with Crippen LogP contribution in [0.1, 0.15) is 18.4 Å². The van der Waals surface area contributed by atoms with Crippen LogP contribution in [0.25, 0.3) is 0 Å². The van der Waals surface area contributed by atoms with Gasteiger partial charge in [-0.3, -0.25) is 4.90 Å². The fraction of sp³-hybridized carbons (Fsp3) is 0.583. The molecule has 1 aromatic rings. The van der Waals surface area contributed by atoms with Crippen LogP contribution in [0.2, 0.25) is 10.3 Å². The number of halogens is 2. The number of aromatic nitrogens is 1. The Balaban J connectivity index is 1.99. The van der Waals surface area contributed by atoms with Gasteiger partial charge in [0.15, 0.2) is 0 Å². The minimum absolute atomic E-state index is 0.437. The molecule has 1 aliphatic rings. The molecule has 0 atom stereocenters. The molecule has 1 aromatic heterocycles. The van der Waals surface area contributed by atoms with E-state index < -0.39 is 0 Å². The molecule has 0 radical (unpaired) electrons. The van der Waals surface area contributed by atoms with Crippen molar-refractivity contribution < 1.29 is 4.74 Å². The Labute approximate surface area is 112 Å². The van der Waals surface area contributed by atoms with Gasteiger partial charge in [0.25, 0.3) is 0 Å². The number of nitrogens with zero attached hydrogens (tertiary/aromatic N) is 2. The number of pyridine rings is 1. The van der Waals surface area contributed by atoms with Crippen LogP contribution in [0.5, 0.6) is 0 Å². The Bertz CT molecular complexity index is 381. The van der Waals surface area contributed by atoms with Crippen molar-refractivity contribution in [2.75, 3.05) is 20.3 Å². The second kappa shape index (κ2) is 6.01. The van der Waals surface area contributed by atoms with E-state index in [1.807, 2.05) is 6.07 Å². The molecule has 1 aliphatic heterocycles. The van der Waals surface area contributed by atoms with Crippen LogP contribution < -0.4 is 0 Å². The lowest BCUT2D eigenvalue weighted by Gasteiger charge is -2.31. The first-order chi connectivity index (χ1) is 8.16. The molecule has 5 heteroatoms. The van der Waals surface area contributed by atoms with E-state index >= 15 is 0 Å². The van der Waals surface area contributed by atoms with E-state index in [4.69, 9.17) is 27.9 Å². The zero-order chi connectivity index (χ0) is 12.3. The van der Waals surface area contributed by atoms with Gasteiger partial charge < -0.3 is 4.74 Å². The van der Waals surface area contributed by atoms with Crippen LogP contribution in [0.4, 0.5) is 0 Å². The molecule has 0 saturated carbocycles. The average Bonchev–Trinajstić information content (AvgIpc) is 2.34. The Morgan fingerprint density at radius 1 is 1.35 bits per heavy atom. The van der Waals surface area contributed by atoms with E-state index in [0.29, 0.717) is 16.3 Å². The molecule has 0 N–H and O–H groups in total. The van der Waals surface area contributed by atoms with Crippen LogP contribution >= 0.6 is 23.2 Å². The minimum Gasteiger partial charge on any atom is -0.381 e. The monoisotopic (exact) mass is 274 g/mol. The summed E-state index contributed by atoms with van der Waals surface area (Å²) in [4.78, 5) is 6.36. The van der Waals surface area contributed by atoms with Gasteiger partial charge in [0.2, 0.25) is 0 Å².